The van der Waals surface area contributed by atoms with Gasteiger partial charge >= 0.3 is 0 Å². The fraction of sp³-hybridized carbons (Fsp3) is 0.771. The van der Waals surface area contributed by atoms with Crippen LogP contribution in [0.4, 0.5) is 5.69 Å². The van der Waals surface area contributed by atoms with Gasteiger partial charge in [-0.15, -0.1) is 0 Å². The van der Waals surface area contributed by atoms with Crippen LogP contribution in [0.5, 0.6) is 0 Å². The first kappa shape index (κ1) is 31.1. The lowest BCUT2D eigenvalue weighted by molar-refractivity contribution is 0.281. The normalized spacial score (nSPS) is 24.7. The van der Waals surface area contributed by atoms with Gasteiger partial charge in [0.05, 0.1) is 17.2 Å². The molecule has 2 bridgehead atoms. The maximum atomic E-state index is 12.9. The van der Waals surface area contributed by atoms with E-state index in [9.17, 15) is 4.79 Å². The van der Waals surface area contributed by atoms with Gasteiger partial charge in [-0.3, -0.25) is 4.79 Å². The van der Waals surface area contributed by atoms with E-state index in [2.05, 4.69) is 33.0 Å². The Balaban J connectivity index is 1.37. The second-order valence-corrected chi connectivity index (χ2v) is 12.8. The van der Waals surface area contributed by atoms with Crippen LogP contribution in [0.1, 0.15) is 135 Å². The van der Waals surface area contributed by atoms with Crippen LogP contribution >= 0.6 is 0 Å². The van der Waals surface area contributed by atoms with Crippen LogP contribution in [0.15, 0.2) is 29.3 Å². The third kappa shape index (κ3) is 10.2. The SMILES string of the molecule is Cn1cnc2ccc(N3CCN4CCCCCCCCCCCCCCCCCCCCCC3CC4)cc2c1=O. The summed E-state index contributed by atoms with van der Waals surface area (Å²) in [6, 6.07) is 6.93. The summed E-state index contributed by atoms with van der Waals surface area (Å²) in [7, 11) is 1.80. The third-order valence-corrected chi connectivity index (χ3v) is 9.62. The van der Waals surface area contributed by atoms with E-state index in [4.69, 9.17) is 0 Å². The van der Waals surface area contributed by atoms with Crippen molar-refractivity contribution in [3.63, 3.8) is 0 Å². The van der Waals surface area contributed by atoms with Gasteiger partial charge in [0.2, 0.25) is 0 Å². The number of benzene rings is 1. The average molecular weight is 551 g/mol. The highest BCUT2D eigenvalue weighted by Crippen LogP contribution is 2.27. The van der Waals surface area contributed by atoms with Crippen LogP contribution in [0, 0.1) is 0 Å². The van der Waals surface area contributed by atoms with E-state index in [1.54, 1.807) is 17.9 Å². The summed E-state index contributed by atoms with van der Waals surface area (Å²) in [6.45, 7) is 4.62. The van der Waals surface area contributed by atoms with Gasteiger partial charge in [-0.05, 0) is 44.0 Å². The molecule has 0 amide bonds. The largest absolute Gasteiger partial charge is 0.367 e. The summed E-state index contributed by atoms with van der Waals surface area (Å²) in [5, 5.41) is 0.744. The van der Waals surface area contributed by atoms with Crippen molar-refractivity contribution in [2.45, 2.75) is 141 Å². The molecule has 5 heteroatoms. The van der Waals surface area contributed by atoms with Gasteiger partial charge in [0.1, 0.15) is 0 Å². The maximum Gasteiger partial charge on any atom is 0.260 e. The minimum absolute atomic E-state index is 0.0528. The molecule has 1 aromatic heterocycles. The Kier molecular flexibility index (Phi) is 13.8. The Bertz CT molecular complexity index is 1030. The summed E-state index contributed by atoms with van der Waals surface area (Å²) < 4.78 is 1.60. The van der Waals surface area contributed by atoms with Crippen LogP contribution in [0.25, 0.3) is 10.9 Å². The van der Waals surface area contributed by atoms with E-state index in [1.165, 1.54) is 154 Å². The second-order valence-electron chi connectivity index (χ2n) is 12.8. The van der Waals surface area contributed by atoms with Crippen molar-refractivity contribution in [2.24, 2.45) is 7.05 Å². The van der Waals surface area contributed by atoms with Crippen molar-refractivity contribution in [1.82, 2.24) is 14.5 Å². The molecule has 1 aromatic carbocycles. The average Bonchev–Trinajstić information content (AvgIpc) is 3.17. The van der Waals surface area contributed by atoms with Crippen molar-refractivity contribution in [2.75, 3.05) is 31.1 Å². The highest BCUT2D eigenvalue weighted by molar-refractivity contribution is 5.81. The van der Waals surface area contributed by atoms with Crippen LogP contribution in [-0.4, -0.2) is 46.7 Å². The summed E-state index contributed by atoms with van der Waals surface area (Å²) in [5.74, 6) is 0. The molecule has 2 aromatic rings. The minimum atomic E-state index is 0.0528. The Morgan fingerprint density at radius 1 is 0.625 bits per heavy atom. The van der Waals surface area contributed by atoms with Crippen molar-refractivity contribution in [3.8, 4) is 0 Å². The lowest BCUT2D eigenvalue weighted by atomic mass is 10.0. The molecule has 2 saturated heterocycles. The first-order chi connectivity index (χ1) is 19.7. The molecule has 224 valence electrons. The molecule has 2 fully saturated rings. The number of anilines is 1. The molecule has 0 radical (unpaired) electrons. The molecule has 3 heterocycles. The first-order valence-electron chi connectivity index (χ1n) is 17.2. The third-order valence-electron chi connectivity index (χ3n) is 9.62. The van der Waals surface area contributed by atoms with Crippen LogP contribution < -0.4 is 10.5 Å². The van der Waals surface area contributed by atoms with Crippen molar-refractivity contribution in [1.29, 1.82) is 0 Å². The smallest absolute Gasteiger partial charge is 0.260 e. The van der Waals surface area contributed by atoms with Gasteiger partial charge < -0.3 is 14.4 Å². The molecule has 5 nitrogen and oxygen atoms in total. The first-order valence-corrected chi connectivity index (χ1v) is 17.2. The predicted octanol–water partition coefficient (Wildman–Crippen LogP) is 8.63. The summed E-state index contributed by atoms with van der Waals surface area (Å²) in [4.78, 5) is 22.7. The Morgan fingerprint density at radius 3 is 1.77 bits per heavy atom. The number of hydrogen-bond acceptors (Lipinski definition) is 4. The highest BCUT2D eigenvalue weighted by Gasteiger charge is 2.24. The van der Waals surface area contributed by atoms with Crippen molar-refractivity contribution in [3.05, 3.63) is 34.9 Å². The van der Waals surface area contributed by atoms with E-state index in [0.29, 0.717) is 6.04 Å². The topological polar surface area (TPSA) is 41.4 Å². The fourth-order valence-corrected chi connectivity index (χ4v) is 6.99. The monoisotopic (exact) mass is 550 g/mol. The summed E-state index contributed by atoms with van der Waals surface area (Å²) in [6.07, 6.45) is 31.0. The number of aryl methyl sites for hydroxylation is 1. The molecule has 0 aliphatic carbocycles. The zero-order chi connectivity index (χ0) is 27.8. The summed E-state index contributed by atoms with van der Waals surface area (Å²) in [5.41, 5.74) is 2.06. The van der Waals surface area contributed by atoms with Crippen LogP contribution in [-0.2, 0) is 7.05 Å². The molecule has 4 rings (SSSR count). The molecule has 2 unspecified atom stereocenters. The molecule has 2 atom stereocenters. The van der Waals surface area contributed by atoms with Crippen LogP contribution in [0.3, 0.4) is 0 Å². The quantitative estimate of drug-likeness (QED) is 0.356. The van der Waals surface area contributed by atoms with Gasteiger partial charge in [0, 0.05) is 38.4 Å². The number of nitrogens with zero attached hydrogens (tertiary/aromatic N) is 4. The molecule has 0 saturated carbocycles. The Hall–Kier alpha value is -1.88. The number of rotatable bonds is 1. The van der Waals surface area contributed by atoms with Crippen molar-refractivity contribution < 1.29 is 0 Å². The zero-order valence-electron chi connectivity index (χ0n) is 25.8. The van der Waals surface area contributed by atoms with E-state index < -0.39 is 0 Å². The number of aromatic nitrogens is 2. The van der Waals surface area contributed by atoms with E-state index in [-0.39, 0.29) is 5.56 Å². The molecular formula is C35H58N4O. The van der Waals surface area contributed by atoms with E-state index in [1.807, 2.05) is 0 Å². The van der Waals surface area contributed by atoms with Crippen molar-refractivity contribution >= 4 is 16.6 Å². The summed E-state index contributed by atoms with van der Waals surface area (Å²) >= 11 is 0. The van der Waals surface area contributed by atoms with E-state index >= 15 is 0 Å². The predicted molar refractivity (Wildman–Crippen MR) is 172 cm³/mol. The molecule has 0 spiro atoms. The second kappa shape index (κ2) is 17.8. The lowest BCUT2D eigenvalue weighted by Crippen LogP contribution is -2.37. The Morgan fingerprint density at radius 2 is 1.18 bits per heavy atom. The Labute approximate surface area is 244 Å². The van der Waals surface area contributed by atoms with E-state index in [0.717, 1.165) is 24.0 Å². The van der Waals surface area contributed by atoms with Gasteiger partial charge in [-0.1, -0.05) is 116 Å². The fourth-order valence-electron chi connectivity index (χ4n) is 6.99. The molecule has 2 aliphatic heterocycles. The molecular weight excluding hydrogens is 492 g/mol. The van der Waals surface area contributed by atoms with Gasteiger partial charge in [-0.25, -0.2) is 4.98 Å². The standard InChI is InChI=1S/C35H58N4O/c1-37-30-36-34-23-22-32(29-33(34)35(37)40)39-28-27-38-25-20-18-16-14-12-10-8-6-4-2-3-5-7-9-11-13-15-17-19-21-31(39)24-26-38/h22-23,29-31H,2-21,24-28H2,1H3. The minimum Gasteiger partial charge on any atom is -0.367 e. The highest BCUT2D eigenvalue weighted by atomic mass is 16.1. The van der Waals surface area contributed by atoms with Crippen LogP contribution in [0.2, 0.25) is 0 Å². The number of hydrogen-bond donors (Lipinski definition) is 0. The lowest BCUT2D eigenvalue weighted by Gasteiger charge is -2.32. The number of fused-ring (bicyclic) bond motifs is 4. The van der Waals surface area contributed by atoms with Gasteiger partial charge in [-0.2, -0.15) is 0 Å². The molecule has 40 heavy (non-hydrogen) atoms. The molecule has 2 aliphatic rings. The maximum absolute atomic E-state index is 12.9. The molecule has 0 N–H and O–H groups in total. The zero-order valence-corrected chi connectivity index (χ0v) is 25.8. The van der Waals surface area contributed by atoms with Gasteiger partial charge in [0.25, 0.3) is 5.56 Å². The van der Waals surface area contributed by atoms with Gasteiger partial charge in [0.15, 0.2) is 0 Å².